The predicted octanol–water partition coefficient (Wildman–Crippen LogP) is -2.55. The van der Waals surface area contributed by atoms with Crippen LogP contribution in [0.15, 0.2) is 0 Å². The van der Waals surface area contributed by atoms with Gasteiger partial charge in [0.25, 0.3) is 0 Å². The summed E-state index contributed by atoms with van der Waals surface area (Å²) in [6, 6.07) is 0. The molecule has 0 aliphatic heterocycles. The van der Waals surface area contributed by atoms with Gasteiger partial charge in [0.15, 0.2) is 0 Å². The van der Waals surface area contributed by atoms with E-state index in [0.29, 0.717) is 0 Å². The second kappa shape index (κ2) is 3.49. The van der Waals surface area contributed by atoms with Gasteiger partial charge in [0, 0.05) is 29.6 Å². The van der Waals surface area contributed by atoms with E-state index < -0.39 is 20.1 Å². The Kier molecular flexibility index (Phi) is 6.10. The molecule has 0 aromatic rings. The first-order chi connectivity index (χ1) is 2.00. The molecule has 6 heavy (non-hydrogen) atoms. The van der Waals surface area contributed by atoms with Crippen LogP contribution in [0.5, 0.6) is 0 Å². The van der Waals surface area contributed by atoms with Crippen LogP contribution in [0.25, 0.3) is 0 Å². The Hall–Kier alpha value is 1.50. The van der Waals surface area contributed by atoms with Gasteiger partial charge in [-0.3, -0.25) is 0 Å². The van der Waals surface area contributed by atoms with Crippen molar-refractivity contribution < 1.29 is 13.2 Å². The Morgan fingerprint density at radius 3 is 1.17 bits per heavy atom. The first-order valence-electron chi connectivity index (χ1n) is 0.783. The van der Waals surface area contributed by atoms with Gasteiger partial charge in [-0.25, -0.2) is 0 Å². The first kappa shape index (κ1) is 10.5. The molecule has 1 radical (unpaired) electrons. The van der Waals surface area contributed by atoms with Crippen molar-refractivity contribution in [1.29, 1.82) is 0 Å². The van der Waals surface area contributed by atoms with Crippen molar-refractivity contribution in [2.24, 2.45) is 0 Å². The third kappa shape index (κ3) is 49.6. The average Bonchev–Trinajstić information content (AvgIpc) is 0.722. The molecule has 0 amide bonds. The van der Waals surface area contributed by atoms with Crippen LogP contribution in [0.3, 0.4) is 0 Å². The molecule has 33 valence electrons. The molecule has 0 atom stereocenters. The van der Waals surface area contributed by atoms with Crippen LogP contribution < -0.4 is 0 Å². The third-order valence-electron chi connectivity index (χ3n) is 0. The maximum atomic E-state index is 8.97. The van der Waals surface area contributed by atoms with Crippen LogP contribution in [-0.2, 0) is 3.02 Å². The van der Waals surface area contributed by atoms with Gasteiger partial charge in [-0.05, 0) is 0 Å². The molecule has 4 nitrogen and oxygen atoms in total. The first-order valence-corrected chi connectivity index (χ1v) is 5.25. The van der Waals surface area contributed by atoms with E-state index in [0.717, 1.165) is 0 Å². The van der Waals surface area contributed by atoms with E-state index in [2.05, 4.69) is 0 Å². The van der Waals surface area contributed by atoms with E-state index in [-0.39, 0.29) is 29.6 Å². The van der Waals surface area contributed by atoms with Crippen molar-refractivity contribution in [2.45, 2.75) is 0 Å². The molecule has 0 bridgehead atoms. The summed E-state index contributed by atoms with van der Waals surface area (Å²) in [6.45, 7) is 0. The predicted molar refractivity (Wildman–Crippen MR) is 18.9 cm³/mol. The van der Waals surface area contributed by atoms with Crippen LogP contribution >= 0.6 is 0 Å². The molecule has 0 aromatic carbocycles. The van der Waals surface area contributed by atoms with E-state index in [1.54, 1.807) is 0 Å². The standard InChI is InChI=1S/Na.3H2O.O.Sb/h;3*1H2;;/q;;;;;+3/p-3. The fourth-order valence-electron chi connectivity index (χ4n) is 0. The van der Waals surface area contributed by atoms with Gasteiger partial charge in [-0.1, -0.05) is 0 Å². The van der Waals surface area contributed by atoms with Gasteiger partial charge in [-0.15, -0.1) is 0 Å². The maximum absolute atomic E-state index is 8.97. The summed E-state index contributed by atoms with van der Waals surface area (Å²) < 4.78 is 30.8. The fraction of sp³-hybridized carbons (Fsp3) is 0. The zero-order valence-electron chi connectivity index (χ0n) is 3.20. The summed E-state index contributed by atoms with van der Waals surface area (Å²) in [7, 11) is 0. The summed E-state index contributed by atoms with van der Waals surface area (Å²) in [5.74, 6) is 0. The van der Waals surface area contributed by atoms with Crippen LogP contribution in [0.1, 0.15) is 0 Å². The second-order valence-corrected chi connectivity index (χ2v) is 3.44. The number of rotatable bonds is 0. The number of hydrogen-bond acceptors (Lipinski definition) is 1. The summed E-state index contributed by atoms with van der Waals surface area (Å²) in [5, 5.41) is 0. The molecule has 0 heterocycles. The molecule has 6 heteroatoms. The van der Waals surface area contributed by atoms with Gasteiger partial charge in [-0.2, -0.15) is 0 Å². The van der Waals surface area contributed by atoms with E-state index in [4.69, 9.17) is 13.2 Å². The van der Waals surface area contributed by atoms with Crippen molar-refractivity contribution in [1.82, 2.24) is 0 Å². The fourth-order valence-corrected chi connectivity index (χ4v) is 0. The minimum absolute atomic E-state index is 0. The molecular formula is H3NaO4Sb. The molecule has 0 aromatic heterocycles. The summed E-state index contributed by atoms with van der Waals surface area (Å²) in [5.41, 5.74) is 0. The molecule has 0 fully saturated rings. The molecule has 0 rings (SSSR count). The van der Waals surface area contributed by atoms with Crippen LogP contribution in [0.4, 0.5) is 0 Å². The SMILES string of the molecule is [Na].[O]=[Sb]([OH])([OH])[OH]. The Labute approximate surface area is 62.2 Å². The second-order valence-electron chi connectivity index (χ2n) is 0.513. The Bertz CT molecular complexity index is 53.7. The normalized spacial score (nSPS) is 9.83. The Balaban J connectivity index is 0. The van der Waals surface area contributed by atoms with Gasteiger partial charge in [0.2, 0.25) is 0 Å². The van der Waals surface area contributed by atoms with E-state index in [1.165, 1.54) is 0 Å². The summed E-state index contributed by atoms with van der Waals surface area (Å²) in [4.78, 5) is 0. The van der Waals surface area contributed by atoms with Crippen molar-refractivity contribution in [2.75, 3.05) is 0 Å². The Morgan fingerprint density at radius 2 is 1.17 bits per heavy atom. The topological polar surface area (TPSA) is 77.8 Å². The van der Waals surface area contributed by atoms with Crippen LogP contribution in [0.2, 0.25) is 0 Å². The van der Waals surface area contributed by atoms with Crippen LogP contribution in [-0.4, -0.2) is 59.8 Å². The van der Waals surface area contributed by atoms with Gasteiger partial charge in [0.1, 0.15) is 0 Å². The van der Waals surface area contributed by atoms with Crippen molar-refractivity contribution in [3.8, 4) is 0 Å². The van der Waals surface area contributed by atoms with Crippen molar-refractivity contribution in [3.05, 3.63) is 0 Å². The quantitative estimate of drug-likeness (QED) is 0.386. The monoisotopic (exact) mass is 211 g/mol. The molecular weight excluding hydrogens is 209 g/mol. The average molecular weight is 212 g/mol. The molecule has 3 N–H and O–H groups in total. The van der Waals surface area contributed by atoms with E-state index in [1.807, 2.05) is 0 Å². The molecule has 0 aliphatic rings. The Morgan fingerprint density at radius 1 is 1.17 bits per heavy atom. The van der Waals surface area contributed by atoms with Crippen LogP contribution in [0, 0.1) is 0 Å². The minimum atomic E-state index is -5.35. The van der Waals surface area contributed by atoms with Crippen molar-refractivity contribution in [3.63, 3.8) is 0 Å². The molecule has 0 saturated heterocycles. The van der Waals surface area contributed by atoms with E-state index >= 15 is 0 Å². The van der Waals surface area contributed by atoms with Crippen molar-refractivity contribution >= 4 is 49.6 Å². The number of hydrogen-bond donors (Lipinski definition) is 3. The third-order valence-corrected chi connectivity index (χ3v) is 0. The zero-order valence-corrected chi connectivity index (χ0v) is 7.75. The van der Waals surface area contributed by atoms with Gasteiger partial charge < -0.3 is 0 Å². The molecule has 0 saturated carbocycles. The van der Waals surface area contributed by atoms with Gasteiger partial charge >= 0.3 is 33.2 Å². The van der Waals surface area contributed by atoms with Gasteiger partial charge in [0.05, 0.1) is 0 Å². The summed E-state index contributed by atoms with van der Waals surface area (Å²) in [6.07, 6.45) is 0. The van der Waals surface area contributed by atoms with E-state index in [9.17, 15) is 0 Å². The molecule has 0 spiro atoms. The molecule has 0 unspecified atom stereocenters. The summed E-state index contributed by atoms with van der Waals surface area (Å²) >= 11 is -5.35. The zero-order chi connectivity index (χ0) is 4.50. The molecule has 0 aliphatic carbocycles.